The Labute approximate surface area is 177 Å². The van der Waals surface area contributed by atoms with Crippen LogP contribution in [0.1, 0.15) is 18.1 Å². The van der Waals surface area contributed by atoms with Gasteiger partial charge in [0.2, 0.25) is 0 Å². The topological polar surface area (TPSA) is 55.8 Å². The Kier molecular flexibility index (Phi) is 7.81. The fourth-order valence-electron chi connectivity index (χ4n) is 3.10. The highest BCUT2D eigenvalue weighted by Gasteiger charge is 2.17. The van der Waals surface area contributed by atoms with Gasteiger partial charge in [-0.3, -0.25) is 0 Å². The van der Waals surface area contributed by atoms with E-state index >= 15 is 0 Å². The van der Waals surface area contributed by atoms with Crippen LogP contribution in [0.2, 0.25) is 0 Å². The average Bonchev–Trinajstić information content (AvgIpc) is 2.78. The average molecular weight is 402 g/mol. The number of ether oxygens (including phenoxy) is 2. The first-order valence-corrected chi connectivity index (χ1v) is 10.0. The molecule has 0 amide bonds. The zero-order valence-corrected chi connectivity index (χ0v) is 17.0. The lowest BCUT2D eigenvalue weighted by atomic mass is 10.0. The molecule has 3 aromatic carbocycles. The zero-order chi connectivity index (χ0) is 21.2. The lowest BCUT2D eigenvalue weighted by molar-refractivity contribution is -0.149. The Balaban J connectivity index is 1.49. The smallest absolute Gasteiger partial charge is 0.333 e. The van der Waals surface area contributed by atoms with Gasteiger partial charge in [0.25, 0.3) is 0 Å². The van der Waals surface area contributed by atoms with Gasteiger partial charge in [0.15, 0.2) is 6.10 Å². The van der Waals surface area contributed by atoms with Crippen molar-refractivity contribution in [2.24, 2.45) is 0 Å². The zero-order valence-electron chi connectivity index (χ0n) is 17.0. The molecule has 154 valence electrons. The van der Waals surface area contributed by atoms with E-state index < -0.39 is 12.1 Å². The molecule has 0 aliphatic carbocycles. The van der Waals surface area contributed by atoms with Gasteiger partial charge in [-0.05, 0) is 47.4 Å². The van der Waals surface area contributed by atoms with E-state index in [2.05, 4.69) is 36.4 Å². The van der Waals surface area contributed by atoms with Gasteiger partial charge in [-0.2, -0.15) is 0 Å². The third kappa shape index (κ3) is 6.33. The first-order chi connectivity index (χ1) is 14.7. The van der Waals surface area contributed by atoms with Crippen molar-refractivity contribution in [2.75, 3.05) is 13.2 Å². The summed E-state index contributed by atoms with van der Waals surface area (Å²) in [6, 6.07) is 26.1. The molecule has 3 aromatic rings. The fourth-order valence-corrected chi connectivity index (χ4v) is 3.10. The van der Waals surface area contributed by atoms with Crippen LogP contribution >= 0.6 is 0 Å². The number of hydrogen-bond donors (Lipinski definition) is 1. The van der Waals surface area contributed by atoms with Crippen molar-refractivity contribution in [3.63, 3.8) is 0 Å². The lowest BCUT2D eigenvalue weighted by Crippen LogP contribution is -2.26. The molecule has 0 fully saturated rings. The summed E-state index contributed by atoms with van der Waals surface area (Å²) in [6.07, 6.45) is 3.52. The minimum Gasteiger partial charge on any atom is -0.490 e. The summed E-state index contributed by atoms with van der Waals surface area (Å²) >= 11 is 0. The molecule has 4 heteroatoms. The largest absolute Gasteiger partial charge is 0.490 e. The van der Waals surface area contributed by atoms with Crippen LogP contribution in [0.3, 0.4) is 0 Å². The third-order valence-corrected chi connectivity index (χ3v) is 4.66. The maximum absolute atomic E-state index is 11.2. The molecule has 30 heavy (non-hydrogen) atoms. The van der Waals surface area contributed by atoms with Crippen LogP contribution in [0.25, 0.3) is 17.2 Å². The SMILES string of the molecule is CCOC(Cc1ccc(OCC=Cc2ccc(-c3ccccc3)cc2)cc1)C(=O)O. The molecule has 0 aliphatic heterocycles. The molecule has 0 aliphatic rings. The molecule has 3 rings (SSSR count). The lowest BCUT2D eigenvalue weighted by Gasteiger charge is -2.12. The van der Waals surface area contributed by atoms with Crippen molar-refractivity contribution in [3.8, 4) is 16.9 Å². The van der Waals surface area contributed by atoms with E-state index in [1.165, 1.54) is 11.1 Å². The normalized spacial score (nSPS) is 12.0. The van der Waals surface area contributed by atoms with Crippen molar-refractivity contribution in [1.29, 1.82) is 0 Å². The predicted octanol–water partition coefficient (Wildman–Crippen LogP) is 5.48. The van der Waals surface area contributed by atoms with Crippen LogP contribution in [-0.2, 0) is 16.0 Å². The third-order valence-electron chi connectivity index (χ3n) is 4.66. The summed E-state index contributed by atoms with van der Waals surface area (Å²) in [6.45, 7) is 2.62. The van der Waals surface area contributed by atoms with Gasteiger partial charge in [0.05, 0.1) is 0 Å². The number of carboxylic acid groups (broad SMARTS) is 1. The van der Waals surface area contributed by atoms with Gasteiger partial charge in [0, 0.05) is 13.0 Å². The number of aliphatic carboxylic acids is 1. The van der Waals surface area contributed by atoms with Gasteiger partial charge in [-0.25, -0.2) is 4.79 Å². The second-order valence-electron chi connectivity index (χ2n) is 6.83. The van der Waals surface area contributed by atoms with E-state index in [4.69, 9.17) is 9.47 Å². The summed E-state index contributed by atoms with van der Waals surface area (Å²) in [5.41, 5.74) is 4.41. The van der Waals surface area contributed by atoms with Gasteiger partial charge in [0.1, 0.15) is 12.4 Å². The Hall–Kier alpha value is -3.37. The standard InChI is InChI=1S/C26H26O4/c1-2-29-25(26(27)28)19-21-12-16-24(17-13-21)30-18-6-7-20-10-14-23(15-11-20)22-8-4-3-5-9-22/h3-17,25H,2,18-19H2,1H3,(H,27,28). The minimum atomic E-state index is -0.945. The van der Waals surface area contributed by atoms with Crippen LogP contribution in [0.4, 0.5) is 0 Å². The molecule has 4 nitrogen and oxygen atoms in total. The Morgan fingerprint density at radius 3 is 2.23 bits per heavy atom. The van der Waals surface area contributed by atoms with Crippen LogP contribution in [0, 0.1) is 0 Å². The molecule has 0 saturated heterocycles. The molecule has 0 saturated carbocycles. The second-order valence-corrected chi connectivity index (χ2v) is 6.83. The Morgan fingerprint density at radius 1 is 0.933 bits per heavy atom. The number of hydrogen-bond acceptors (Lipinski definition) is 3. The molecule has 0 aromatic heterocycles. The number of carboxylic acids is 1. The van der Waals surface area contributed by atoms with Gasteiger partial charge < -0.3 is 14.6 Å². The van der Waals surface area contributed by atoms with E-state index in [-0.39, 0.29) is 0 Å². The van der Waals surface area contributed by atoms with E-state index in [0.717, 1.165) is 16.9 Å². The summed E-state index contributed by atoms with van der Waals surface area (Å²) in [5.74, 6) is -0.203. The Morgan fingerprint density at radius 2 is 1.60 bits per heavy atom. The van der Waals surface area contributed by atoms with Crippen molar-refractivity contribution >= 4 is 12.0 Å². The summed E-state index contributed by atoms with van der Waals surface area (Å²) < 4.78 is 11.0. The second kappa shape index (κ2) is 11.0. The van der Waals surface area contributed by atoms with Crippen molar-refractivity contribution in [2.45, 2.75) is 19.4 Å². The molecule has 1 unspecified atom stereocenters. The van der Waals surface area contributed by atoms with E-state index in [1.807, 2.05) is 54.6 Å². The Bertz CT molecular complexity index is 945. The molecule has 0 radical (unpaired) electrons. The molecular formula is C26H26O4. The highest BCUT2D eigenvalue weighted by molar-refractivity contribution is 5.72. The van der Waals surface area contributed by atoms with Gasteiger partial charge in [-0.1, -0.05) is 72.8 Å². The van der Waals surface area contributed by atoms with Crippen LogP contribution in [-0.4, -0.2) is 30.4 Å². The number of carbonyl (C=O) groups is 1. The first-order valence-electron chi connectivity index (χ1n) is 10.0. The van der Waals surface area contributed by atoms with Crippen molar-refractivity contribution in [3.05, 3.63) is 96.1 Å². The molecular weight excluding hydrogens is 376 g/mol. The van der Waals surface area contributed by atoms with Gasteiger partial charge >= 0.3 is 5.97 Å². The first kappa shape index (κ1) is 21.3. The number of benzene rings is 3. The molecule has 0 bridgehead atoms. The van der Waals surface area contributed by atoms with E-state index in [9.17, 15) is 9.90 Å². The maximum atomic E-state index is 11.2. The van der Waals surface area contributed by atoms with Crippen molar-refractivity contribution < 1.29 is 19.4 Å². The number of rotatable bonds is 10. The molecule has 0 spiro atoms. The van der Waals surface area contributed by atoms with Gasteiger partial charge in [-0.15, -0.1) is 0 Å². The monoisotopic (exact) mass is 402 g/mol. The molecule has 0 heterocycles. The van der Waals surface area contributed by atoms with Crippen LogP contribution in [0.15, 0.2) is 84.9 Å². The summed E-state index contributed by atoms with van der Waals surface area (Å²) in [5, 5.41) is 9.17. The predicted molar refractivity (Wildman–Crippen MR) is 120 cm³/mol. The fraction of sp³-hybridized carbons (Fsp3) is 0.192. The maximum Gasteiger partial charge on any atom is 0.333 e. The summed E-state index contributed by atoms with van der Waals surface area (Å²) in [4.78, 5) is 11.2. The highest BCUT2D eigenvalue weighted by atomic mass is 16.5. The molecule has 1 N–H and O–H groups in total. The van der Waals surface area contributed by atoms with E-state index in [1.54, 1.807) is 6.92 Å². The quantitative estimate of drug-likeness (QED) is 0.488. The molecule has 1 atom stereocenters. The summed E-state index contributed by atoms with van der Waals surface area (Å²) in [7, 11) is 0. The minimum absolute atomic E-state index is 0.336. The highest BCUT2D eigenvalue weighted by Crippen LogP contribution is 2.20. The van der Waals surface area contributed by atoms with Crippen LogP contribution < -0.4 is 4.74 Å². The van der Waals surface area contributed by atoms with E-state index in [0.29, 0.717) is 19.6 Å². The van der Waals surface area contributed by atoms with Crippen LogP contribution in [0.5, 0.6) is 5.75 Å². The van der Waals surface area contributed by atoms with Crippen molar-refractivity contribution in [1.82, 2.24) is 0 Å².